The maximum absolute atomic E-state index is 2.46. The van der Waals surface area contributed by atoms with Crippen molar-refractivity contribution < 1.29 is 0 Å². The average Bonchev–Trinajstić information content (AvgIpc) is 2.74. The number of hydrogen-bond acceptors (Lipinski definition) is 1. The molecule has 0 aromatic carbocycles. The van der Waals surface area contributed by atoms with Crippen LogP contribution in [0.2, 0.25) is 0 Å². The van der Waals surface area contributed by atoms with E-state index >= 15 is 0 Å². The molecule has 0 aromatic rings. The molecule has 0 amide bonds. The van der Waals surface area contributed by atoms with E-state index in [9.17, 15) is 0 Å². The van der Waals surface area contributed by atoms with E-state index < -0.39 is 0 Å². The predicted octanol–water partition coefficient (Wildman–Crippen LogP) is 4.04. The van der Waals surface area contributed by atoms with Crippen LogP contribution < -0.4 is 0 Å². The van der Waals surface area contributed by atoms with Crippen LogP contribution >= 0.6 is 0 Å². The molecule has 2 saturated carbocycles. The lowest BCUT2D eigenvalue weighted by molar-refractivity contribution is -0.00679. The minimum Gasteiger partial charge on any atom is -0.304 e. The summed E-state index contributed by atoms with van der Waals surface area (Å²) in [6.07, 6.45) is 4.48. The van der Waals surface area contributed by atoms with Gasteiger partial charge in [-0.25, -0.2) is 0 Å². The second-order valence-corrected chi connectivity index (χ2v) is 8.30. The largest absolute Gasteiger partial charge is 0.304 e. The third-order valence-corrected chi connectivity index (χ3v) is 5.88. The fourth-order valence-corrected chi connectivity index (χ4v) is 4.85. The molecular formula is C16H31N. The van der Waals surface area contributed by atoms with E-state index in [-0.39, 0.29) is 0 Å². The van der Waals surface area contributed by atoms with Crippen molar-refractivity contribution in [2.45, 2.75) is 59.4 Å². The first-order valence-electron chi connectivity index (χ1n) is 7.33. The molecule has 2 bridgehead atoms. The third-order valence-electron chi connectivity index (χ3n) is 5.88. The topological polar surface area (TPSA) is 3.24 Å². The molecule has 0 aromatic heterocycles. The Bertz CT molecular complexity index is 284. The molecule has 0 aliphatic heterocycles. The summed E-state index contributed by atoms with van der Waals surface area (Å²) in [5.74, 6) is 3.79. The van der Waals surface area contributed by atoms with Gasteiger partial charge in [-0.3, -0.25) is 0 Å². The number of fused-ring (bicyclic) bond motifs is 2. The molecule has 0 heterocycles. The van der Waals surface area contributed by atoms with Gasteiger partial charge >= 0.3 is 0 Å². The van der Waals surface area contributed by atoms with E-state index in [0.717, 1.165) is 23.7 Å². The molecule has 4 atom stereocenters. The highest BCUT2D eigenvalue weighted by Gasteiger charge is 2.56. The molecule has 2 aliphatic rings. The first-order valence-corrected chi connectivity index (χ1v) is 7.33. The smallest absolute Gasteiger partial charge is 0.0180 e. The van der Waals surface area contributed by atoms with Crippen LogP contribution in [0.5, 0.6) is 0 Å². The second kappa shape index (κ2) is 3.98. The van der Waals surface area contributed by atoms with Crippen LogP contribution in [-0.2, 0) is 0 Å². The lowest BCUT2D eigenvalue weighted by atomic mass is 9.61. The molecule has 2 rings (SSSR count). The Morgan fingerprint density at radius 1 is 0.824 bits per heavy atom. The molecule has 0 spiro atoms. The molecule has 4 unspecified atom stereocenters. The summed E-state index contributed by atoms with van der Waals surface area (Å²) in [6.45, 7) is 12.3. The molecule has 100 valence electrons. The Balaban J connectivity index is 2.31. The lowest BCUT2D eigenvalue weighted by Gasteiger charge is -2.50. The number of nitrogens with zero attached hydrogens (tertiary/aromatic N) is 1. The molecule has 0 saturated heterocycles. The molecule has 0 radical (unpaired) electrons. The molecule has 1 nitrogen and oxygen atoms in total. The summed E-state index contributed by atoms with van der Waals surface area (Å²) >= 11 is 0. The Kier molecular flexibility index (Phi) is 3.14. The summed E-state index contributed by atoms with van der Waals surface area (Å²) in [6, 6.07) is 0. The van der Waals surface area contributed by atoms with Crippen LogP contribution in [0, 0.1) is 29.1 Å². The quantitative estimate of drug-likeness (QED) is 0.701. The summed E-state index contributed by atoms with van der Waals surface area (Å²) in [4.78, 5) is 2.46. The fraction of sp³-hybridized carbons (Fsp3) is 1.00. The van der Waals surface area contributed by atoms with Gasteiger partial charge in [-0.1, -0.05) is 20.8 Å². The van der Waals surface area contributed by atoms with Gasteiger partial charge in [-0.15, -0.1) is 0 Å². The highest BCUT2D eigenvalue weighted by molar-refractivity contribution is 5.07. The Morgan fingerprint density at radius 2 is 1.29 bits per heavy atom. The van der Waals surface area contributed by atoms with E-state index in [1.54, 1.807) is 0 Å². The molecular weight excluding hydrogens is 206 g/mol. The minimum absolute atomic E-state index is 0.345. The van der Waals surface area contributed by atoms with Crippen molar-refractivity contribution in [2.75, 3.05) is 14.1 Å². The second-order valence-electron chi connectivity index (χ2n) is 8.30. The molecule has 1 heteroatoms. The zero-order valence-corrected chi connectivity index (χ0v) is 12.9. The summed E-state index contributed by atoms with van der Waals surface area (Å²) in [7, 11) is 4.51. The normalized spacial score (nSPS) is 38.1. The van der Waals surface area contributed by atoms with Crippen molar-refractivity contribution in [3.8, 4) is 0 Å². The SMILES string of the molecule is CN(C)C(C)(C)C1C2CCC(C2)C1C(C)(C)C. The zero-order valence-electron chi connectivity index (χ0n) is 12.9. The van der Waals surface area contributed by atoms with Crippen molar-refractivity contribution in [1.82, 2.24) is 4.90 Å². The Morgan fingerprint density at radius 3 is 1.71 bits per heavy atom. The minimum atomic E-state index is 0.345. The first kappa shape index (κ1) is 13.4. The number of hydrogen-bond donors (Lipinski definition) is 0. The van der Waals surface area contributed by atoms with E-state index in [1.807, 2.05) is 0 Å². The van der Waals surface area contributed by atoms with Crippen LogP contribution in [0.15, 0.2) is 0 Å². The van der Waals surface area contributed by atoms with Crippen LogP contribution in [0.25, 0.3) is 0 Å². The maximum Gasteiger partial charge on any atom is 0.0180 e. The molecule has 17 heavy (non-hydrogen) atoms. The van der Waals surface area contributed by atoms with Crippen molar-refractivity contribution >= 4 is 0 Å². The average molecular weight is 237 g/mol. The van der Waals surface area contributed by atoms with Gasteiger partial charge in [0.15, 0.2) is 0 Å². The Hall–Kier alpha value is -0.0400. The van der Waals surface area contributed by atoms with Crippen LogP contribution in [0.3, 0.4) is 0 Å². The van der Waals surface area contributed by atoms with Crippen molar-refractivity contribution in [2.24, 2.45) is 29.1 Å². The highest BCUT2D eigenvalue weighted by Crippen LogP contribution is 2.61. The van der Waals surface area contributed by atoms with Gasteiger partial charge < -0.3 is 4.90 Å². The maximum atomic E-state index is 2.46. The van der Waals surface area contributed by atoms with Crippen LogP contribution in [0.4, 0.5) is 0 Å². The lowest BCUT2D eigenvalue weighted by Crippen LogP contribution is -2.52. The number of rotatable bonds is 2. The van der Waals surface area contributed by atoms with Gasteiger partial charge in [-0.05, 0) is 76.3 Å². The standard InChI is InChI=1S/C16H31N/c1-15(2,3)13-11-8-9-12(10-11)14(13)16(4,5)17(6)7/h11-14H,8-10H2,1-7H3. The summed E-state index contributed by atoms with van der Waals surface area (Å²) < 4.78 is 0. The van der Waals surface area contributed by atoms with Gasteiger partial charge in [0, 0.05) is 5.54 Å². The van der Waals surface area contributed by atoms with Gasteiger partial charge in [-0.2, -0.15) is 0 Å². The van der Waals surface area contributed by atoms with E-state index in [2.05, 4.69) is 53.6 Å². The zero-order chi connectivity index (χ0) is 13.0. The fourth-order valence-electron chi connectivity index (χ4n) is 4.85. The molecule has 2 fully saturated rings. The van der Waals surface area contributed by atoms with E-state index in [0.29, 0.717) is 11.0 Å². The highest BCUT2D eigenvalue weighted by atomic mass is 15.1. The molecule has 0 N–H and O–H groups in total. The van der Waals surface area contributed by atoms with E-state index in [4.69, 9.17) is 0 Å². The molecule has 2 aliphatic carbocycles. The monoisotopic (exact) mass is 237 g/mol. The van der Waals surface area contributed by atoms with Gasteiger partial charge in [0.05, 0.1) is 0 Å². The van der Waals surface area contributed by atoms with Crippen molar-refractivity contribution in [3.63, 3.8) is 0 Å². The predicted molar refractivity (Wildman–Crippen MR) is 75.0 cm³/mol. The first-order chi connectivity index (χ1) is 7.65. The van der Waals surface area contributed by atoms with Crippen molar-refractivity contribution in [3.05, 3.63) is 0 Å². The van der Waals surface area contributed by atoms with Crippen LogP contribution in [-0.4, -0.2) is 24.5 Å². The van der Waals surface area contributed by atoms with Gasteiger partial charge in [0.25, 0.3) is 0 Å². The van der Waals surface area contributed by atoms with Gasteiger partial charge in [0.1, 0.15) is 0 Å². The van der Waals surface area contributed by atoms with Gasteiger partial charge in [0.2, 0.25) is 0 Å². The summed E-state index contributed by atoms with van der Waals surface area (Å²) in [5, 5.41) is 0. The van der Waals surface area contributed by atoms with Crippen molar-refractivity contribution in [1.29, 1.82) is 0 Å². The summed E-state index contributed by atoms with van der Waals surface area (Å²) in [5.41, 5.74) is 0.815. The Labute approximate surface area is 108 Å². The van der Waals surface area contributed by atoms with Crippen LogP contribution in [0.1, 0.15) is 53.9 Å². The third kappa shape index (κ3) is 2.05. The van der Waals surface area contributed by atoms with E-state index in [1.165, 1.54) is 19.3 Å².